The fourth-order valence-electron chi connectivity index (χ4n) is 2.41. The van der Waals surface area contributed by atoms with Crippen LogP contribution in [0, 0.1) is 0 Å². The third kappa shape index (κ3) is 17.1. The van der Waals surface area contributed by atoms with Gasteiger partial charge in [-0.3, -0.25) is 4.79 Å². The van der Waals surface area contributed by atoms with Crippen molar-refractivity contribution in [2.75, 3.05) is 0 Å². The van der Waals surface area contributed by atoms with Gasteiger partial charge in [-0.2, -0.15) is 0 Å². The lowest BCUT2D eigenvalue weighted by atomic mass is 10.0. The van der Waals surface area contributed by atoms with E-state index < -0.39 is 5.97 Å². The van der Waals surface area contributed by atoms with Crippen molar-refractivity contribution < 1.29 is 9.90 Å². The van der Waals surface area contributed by atoms with Gasteiger partial charge in [0.2, 0.25) is 0 Å². The summed E-state index contributed by atoms with van der Waals surface area (Å²) < 4.78 is 0. The number of carbonyl (C=O) groups is 1. The molecule has 0 aliphatic rings. The number of rotatable bonds is 15. The zero-order chi connectivity index (χ0) is 15.8. The lowest BCUT2D eigenvalue weighted by molar-refractivity contribution is -0.137. The number of carboxylic acid groups (broad SMARTS) is 1. The van der Waals surface area contributed by atoms with Crippen LogP contribution in [-0.2, 0) is 4.79 Å². The molecule has 0 rings (SSSR count). The summed E-state index contributed by atoms with van der Waals surface area (Å²) in [4.78, 5) is 10.3. The monoisotopic (exact) mass is 297 g/mol. The van der Waals surface area contributed by atoms with Gasteiger partial charge >= 0.3 is 5.97 Å². The van der Waals surface area contributed by atoms with Gasteiger partial charge in [-0.25, -0.2) is 0 Å². The lowest BCUT2D eigenvalue weighted by Gasteiger charge is -2.08. The quantitative estimate of drug-likeness (QED) is 0.328. The normalized spacial score (nSPS) is 12.9. The molecule has 0 heterocycles. The summed E-state index contributed by atoms with van der Waals surface area (Å²) in [5.41, 5.74) is 6.08. The van der Waals surface area contributed by atoms with E-state index in [2.05, 4.69) is 19.1 Å². The van der Waals surface area contributed by atoms with Gasteiger partial charge in [0.25, 0.3) is 0 Å². The summed E-state index contributed by atoms with van der Waals surface area (Å²) in [6.45, 7) is 2.23. The Morgan fingerprint density at radius 2 is 1.67 bits per heavy atom. The van der Waals surface area contributed by atoms with Crippen molar-refractivity contribution in [3.05, 3.63) is 12.2 Å². The molecule has 3 N–H and O–H groups in total. The smallest absolute Gasteiger partial charge is 0.303 e. The van der Waals surface area contributed by atoms with Crippen LogP contribution in [0.2, 0.25) is 0 Å². The Labute approximate surface area is 131 Å². The molecular formula is C18H35NO2. The van der Waals surface area contributed by atoms with E-state index >= 15 is 0 Å². The molecule has 0 aliphatic heterocycles. The van der Waals surface area contributed by atoms with Crippen LogP contribution in [-0.4, -0.2) is 17.1 Å². The Hall–Kier alpha value is -0.830. The lowest BCUT2D eigenvalue weighted by Crippen LogP contribution is -2.18. The van der Waals surface area contributed by atoms with E-state index in [0.29, 0.717) is 12.5 Å². The Balaban J connectivity index is 3.26. The maximum absolute atomic E-state index is 10.3. The topological polar surface area (TPSA) is 63.3 Å². The van der Waals surface area contributed by atoms with Gasteiger partial charge in [0.15, 0.2) is 0 Å². The molecule has 124 valence electrons. The number of carboxylic acids is 1. The molecule has 0 saturated carbocycles. The Kier molecular flexibility index (Phi) is 14.9. The molecule has 1 atom stereocenters. The summed E-state index contributed by atoms with van der Waals surface area (Å²) in [7, 11) is 0. The highest BCUT2D eigenvalue weighted by atomic mass is 16.4. The van der Waals surface area contributed by atoms with Crippen molar-refractivity contribution in [1.29, 1.82) is 0 Å². The number of hydrogen-bond donors (Lipinski definition) is 2. The molecule has 3 nitrogen and oxygen atoms in total. The van der Waals surface area contributed by atoms with Crippen molar-refractivity contribution in [3.8, 4) is 0 Å². The molecular weight excluding hydrogens is 262 g/mol. The Morgan fingerprint density at radius 1 is 1.00 bits per heavy atom. The predicted octanol–water partition coefficient (Wildman–Crippen LogP) is 5.05. The minimum atomic E-state index is -0.677. The molecule has 0 aromatic carbocycles. The molecule has 0 aromatic heterocycles. The average molecular weight is 297 g/mol. The van der Waals surface area contributed by atoms with Gasteiger partial charge in [-0.1, -0.05) is 64.0 Å². The predicted molar refractivity (Wildman–Crippen MR) is 90.4 cm³/mol. The molecule has 0 bridgehead atoms. The Morgan fingerprint density at radius 3 is 2.38 bits per heavy atom. The van der Waals surface area contributed by atoms with E-state index in [1.807, 2.05) is 0 Å². The van der Waals surface area contributed by atoms with Crippen LogP contribution in [0.4, 0.5) is 0 Å². The van der Waals surface area contributed by atoms with E-state index in [9.17, 15) is 4.79 Å². The van der Waals surface area contributed by atoms with Gasteiger partial charge < -0.3 is 10.8 Å². The third-order valence-corrected chi connectivity index (χ3v) is 3.80. The van der Waals surface area contributed by atoms with Gasteiger partial charge in [-0.15, -0.1) is 0 Å². The fourth-order valence-corrected chi connectivity index (χ4v) is 2.41. The maximum Gasteiger partial charge on any atom is 0.303 e. The van der Waals surface area contributed by atoms with Gasteiger partial charge in [0, 0.05) is 12.5 Å². The number of hydrogen-bond acceptors (Lipinski definition) is 2. The number of allylic oxidation sites excluding steroid dienone is 1. The van der Waals surface area contributed by atoms with Gasteiger partial charge in [0.1, 0.15) is 0 Å². The van der Waals surface area contributed by atoms with Crippen molar-refractivity contribution in [2.24, 2.45) is 5.73 Å². The highest BCUT2D eigenvalue weighted by Gasteiger charge is 1.99. The van der Waals surface area contributed by atoms with Crippen LogP contribution in [0.25, 0.3) is 0 Å². The van der Waals surface area contributed by atoms with E-state index in [-0.39, 0.29) is 0 Å². The summed E-state index contributed by atoms with van der Waals surface area (Å²) in [5, 5.41) is 8.52. The van der Waals surface area contributed by atoms with E-state index in [4.69, 9.17) is 10.8 Å². The highest BCUT2D eigenvalue weighted by molar-refractivity contribution is 5.66. The van der Waals surface area contributed by atoms with Crippen LogP contribution in [0.1, 0.15) is 90.4 Å². The molecule has 0 aliphatic carbocycles. The molecule has 0 aromatic rings. The zero-order valence-electron chi connectivity index (χ0n) is 13.9. The second-order valence-electron chi connectivity index (χ2n) is 6.02. The molecule has 0 radical (unpaired) electrons. The minimum absolute atomic E-state index is 0.316. The molecule has 0 spiro atoms. The van der Waals surface area contributed by atoms with Gasteiger partial charge in [-0.05, 0) is 32.1 Å². The average Bonchev–Trinajstić information content (AvgIpc) is 2.45. The van der Waals surface area contributed by atoms with Crippen LogP contribution in [0.15, 0.2) is 12.2 Å². The highest BCUT2D eigenvalue weighted by Crippen LogP contribution is 2.09. The molecule has 3 heteroatoms. The second-order valence-corrected chi connectivity index (χ2v) is 6.02. The molecule has 0 amide bonds. The summed E-state index contributed by atoms with van der Waals surface area (Å²) in [6, 6.07) is 0.328. The molecule has 1 unspecified atom stereocenters. The van der Waals surface area contributed by atoms with E-state index in [1.54, 1.807) is 0 Å². The van der Waals surface area contributed by atoms with Crippen LogP contribution >= 0.6 is 0 Å². The number of aliphatic carboxylic acids is 1. The summed E-state index contributed by atoms with van der Waals surface area (Å²) >= 11 is 0. The van der Waals surface area contributed by atoms with E-state index in [1.165, 1.54) is 38.5 Å². The van der Waals surface area contributed by atoms with Crippen LogP contribution in [0.3, 0.4) is 0 Å². The molecule has 0 saturated heterocycles. The summed E-state index contributed by atoms with van der Waals surface area (Å²) in [6.07, 6.45) is 18.7. The SMILES string of the molecule is CCCCCCC(N)C/C=C/CCCCCCCC(=O)O. The van der Waals surface area contributed by atoms with Crippen molar-refractivity contribution in [3.63, 3.8) is 0 Å². The van der Waals surface area contributed by atoms with E-state index in [0.717, 1.165) is 38.5 Å². The minimum Gasteiger partial charge on any atom is -0.481 e. The molecule has 21 heavy (non-hydrogen) atoms. The Bertz CT molecular complexity index is 264. The first-order valence-electron chi connectivity index (χ1n) is 8.79. The summed E-state index contributed by atoms with van der Waals surface area (Å²) in [5.74, 6) is -0.677. The first-order valence-corrected chi connectivity index (χ1v) is 8.79. The largest absolute Gasteiger partial charge is 0.481 e. The third-order valence-electron chi connectivity index (χ3n) is 3.80. The van der Waals surface area contributed by atoms with Gasteiger partial charge in [0.05, 0.1) is 0 Å². The standard InChI is InChI=1S/C18H35NO2/c1-2-3-4-11-14-17(19)15-12-9-7-5-6-8-10-13-16-18(20)21/h9,12,17H,2-8,10-11,13-16,19H2,1H3,(H,20,21)/b12-9+. The first kappa shape index (κ1) is 20.2. The second kappa shape index (κ2) is 15.6. The fraction of sp³-hybridized carbons (Fsp3) is 0.833. The maximum atomic E-state index is 10.3. The van der Waals surface area contributed by atoms with Crippen molar-refractivity contribution in [1.82, 2.24) is 0 Å². The van der Waals surface area contributed by atoms with Crippen molar-refractivity contribution in [2.45, 2.75) is 96.4 Å². The number of nitrogens with two attached hydrogens (primary N) is 1. The molecule has 0 fully saturated rings. The van der Waals surface area contributed by atoms with Crippen LogP contribution < -0.4 is 5.73 Å². The first-order chi connectivity index (χ1) is 10.2. The zero-order valence-corrected chi connectivity index (χ0v) is 13.9. The van der Waals surface area contributed by atoms with Crippen LogP contribution in [0.5, 0.6) is 0 Å². The number of unbranched alkanes of at least 4 members (excludes halogenated alkanes) is 8. The van der Waals surface area contributed by atoms with Crippen molar-refractivity contribution >= 4 is 5.97 Å².